The fourth-order valence-electron chi connectivity index (χ4n) is 1.35. The van der Waals surface area contributed by atoms with Gasteiger partial charge in [-0.1, -0.05) is 0 Å². The zero-order chi connectivity index (χ0) is 13.8. The first kappa shape index (κ1) is 12.8. The summed E-state index contributed by atoms with van der Waals surface area (Å²) in [5.74, 6) is -0.426. The minimum absolute atomic E-state index is 0.158. The molecule has 0 aliphatic rings. The number of phenolic OH excluding ortho intramolecular Hbond substituents is 4. The first-order valence-electron chi connectivity index (χ1n) is 5.36. The third-order valence-corrected chi connectivity index (χ3v) is 2.34. The van der Waals surface area contributed by atoms with Crippen LogP contribution in [0.25, 0.3) is 0 Å². The van der Waals surface area contributed by atoms with Gasteiger partial charge in [-0.25, -0.2) is 0 Å². The summed E-state index contributed by atoms with van der Waals surface area (Å²) >= 11 is 0. The number of hydrogen-bond donors (Lipinski definition) is 4. The predicted molar refractivity (Wildman–Crippen MR) is 67.9 cm³/mol. The van der Waals surface area contributed by atoms with Gasteiger partial charge in [0.05, 0.1) is 0 Å². The topological polar surface area (TPSA) is 99.4 Å². The molecule has 0 fully saturated rings. The monoisotopic (exact) mass is 262 g/mol. The zero-order valence-corrected chi connectivity index (χ0v) is 9.78. The van der Waals surface area contributed by atoms with Crippen molar-refractivity contribution in [2.75, 3.05) is 0 Å². The summed E-state index contributed by atoms with van der Waals surface area (Å²) in [4.78, 5) is 0. The van der Waals surface area contributed by atoms with Crippen LogP contribution in [0.5, 0.6) is 34.5 Å². The van der Waals surface area contributed by atoms with Gasteiger partial charge in [-0.2, -0.15) is 0 Å². The Bertz CT molecular complexity index is 535. The van der Waals surface area contributed by atoms with Crippen LogP contribution in [0.1, 0.15) is 0 Å². The van der Waals surface area contributed by atoms with Gasteiger partial charge in [0.2, 0.25) is 0 Å². The number of rotatable bonds is 4. The van der Waals surface area contributed by atoms with E-state index in [2.05, 4.69) is 0 Å². The molecule has 2 rings (SSSR count). The van der Waals surface area contributed by atoms with Gasteiger partial charge < -0.3 is 29.7 Å². The summed E-state index contributed by atoms with van der Waals surface area (Å²) in [6, 6.07) is 7.99. The summed E-state index contributed by atoms with van der Waals surface area (Å²) < 4.78 is 10.4. The summed E-state index contributed by atoms with van der Waals surface area (Å²) in [5, 5.41) is 36.7. The van der Waals surface area contributed by atoms with Crippen LogP contribution in [0.3, 0.4) is 0 Å². The highest BCUT2D eigenvalue weighted by Crippen LogP contribution is 2.30. The molecule has 0 spiro atoms. The molecule has 0 bridgehead atoms. The maximum Gasteiger partial charge on any atom is 0.576 e. The van der Waals surface area contributed by atoms with Crippen molar-refractivity contribution in [1.82, 2.24) is 0 Å². The van der Waals surface area contributed by atoms with E-state index in [9.17, 15) is 10.2 Å². The lowest BCUT2D eigenvalue weighted by atomic mass is 10.2. The fourth-order valence-corrected chi connectivity index (χ4v) is 1.35. The molecule has 0 atom stereocenters. The molecule has 0 radical (unpaired) electrons. The first-order valence-corrected chi connectivity index (χ1v) is 5.36. The molecule has 0 aliphatic heterocycles. The van der Waals surface area contributed by atoms with E-state index >= 15 is 0 Å². The SMILES string of the molecule is Oc1ccc(OBOc2ccc(O)c(O)c2)cc1O. The molecule has 7 heteroatoms. The summed E-state index contributed by atoms with van der Waals surface area (Å²) in [7, 11) is -0.158. The van der Waals surface area contributed by atoms with E-state index in [0.717, 1.165) is 0 Å². The average molecular weight is 262 g/mol. The number of benzene rings is 2. The second-order valence-electron chi connectivity index (χ2n) is 3.71. The molecule has 0 saturated carbocycles. The molecule has 19 heavy (non-hydrogen) atoms. The van der Waals surface area contributed by atoms with Crippen molar-refractivity contribution in [3.63, 3.8) is 0 Å². The zero-order valence-electron chi connectivity index (χ0n) is 9.78. The lowest BCUT2D eigenvalue weighted by Gasteiger charge is -2.08. The van der Waals surface area contributed by atoms with Crippen LogP contribution in [-0.2, 0) is 0 Å². The molecule has 6 nitrogen and oxygen atoms in total. The standard InChI is InChI=1S/C12H11BO6/c14-9-3-1-7(5-11(9)16)18-13-19-8-2-4-10(15)12(17)6-8/h1-6,13-17H. The Kier molecular flexibility index (Phi) is 3.56. The highest BCUT2D eigenvalue weighted by molar-refractivity contribution is 6.20. The van der Waals surface area contributed by atoms with Crippen LogP contribution < -0.4 is 9.31 Å². The largest absolute Gasteiger partial charge is 0.576 e. The minimum Gasteiger partial charge on any atom is -0.528 e. The van der Waals surface area contributed by atoms with Gasteiger partial charge in [-0.05, 0) is 24.3 Å². The van der Waals surface area contributed by atoms with Gasteiger partial charge in [0.25, 0.3) is 0 Å². The van der Waals surface area contributed by atoms with Crippen LogP contribution in [-0.4, -0.2) is 28.1 Å². The van der Waals surface area contributed by atoms with E-state index in [1.54, 1.807) is 0 Å². The van der Waals surface area contributed by atoms with Crippen molar-refractivity contribution in [2.45, 2.75) is 0 Å². The highest BCUT2D eigenvalue weighted by atomic mass is 16.6. The quantitative estimate of drug-likeness (QED) is 0.488. The molecule has 0 aromatic heterocycles. The number of phenols is 4. The van der Waals surface area contributed by atoms with E-state index in [0.29, 0.717) is 11.5 Å². The van der Waals surface area contributed by atoms with Gasteiger partial charge >= 0.3 is 7.69 Å². The Hall–Kier alpha value is -2.70. The van der Waals surface area contributed by atoms with Gasteiger partial charge in [0, 0.05) is 12.1 Å². The molecule has 2 aromatic rings. The van der Waals surface area contributed by atoms with Gasteiger partial charge in [0.1, 0.15) is 11.5 Å². The Balaban J connectivity index is 1.92. The van der Waals surface area contributed by atoms with Crippen LogP contribution in [0.2, 0.25) is 0 Å². The third kappa shape index (κ3) is 3.15. The van der Waals surface area contributed by atoms with E-state index in [1.165, 1.54) is 36.4 Å². The maximum absolute atomic E-state index is 9.25. The highest BCUT2D eigenvalue weighted by Gasteiger charge is 2.05. The van der Waals surface area contributed by atoms with E-state index in [-0.39, 0.29) is 30.7 Å². The Morgan fingerprint density at radius 3 is 1.42 bits per heavy atom. The molecule has 0 aliphatic carbocycles. The van der Waals surface area contributed by atoms with Crippen molar-refractivity contribution >= 4 is 7.69 Å². The van der Waals surface area contributed by atoms with Crippen LogP contribution in [0.15, 0.2) is 36.4 Å². The van der Waals surface area contributed by atoms with Crippen molar-refractivity contribution < 1.29 is 29.7 Å². The number of aromatic hydroxyl groups is 4. The van der Waals surface area contributed by atoms with E-state index in [4.69, 9.17) is 19.5 Å². The Morgan fingerprint density at radius 2 is 1.05 bits per heavy atom. The molecule has 2 aromatic carbocycles. The second-order valence-corrected chi connectivity index (χ2v) is 3.71. The van der Waals surface area contributed by atoms with Crippen molar-refractivity contribution in [3.8, 4) is 34.5 Å². The summed E-state index contributed by atoms with van der Waals surface area (Å²) in [6.45, 7) is 0. The smallest absolute Gasteiger partial charge is 0.528 e. The summed E-state index contributed by atoms with van der Waals surface area (Å²) in [5.41, 5.74) is 0. The van der Waals surface area contributed by atoms with Gasteiger partial charge in [-0.15, -0.1) is 0 Å². The van der Waals surface area contributed by atoms with Crippen molar-refractivity contribution in [2.24, 2.45) is 0 Å². The fraction of sp³-hybridized carbons (Fsp3) is 0. The third-order valence-electron chi connectivity index (χ3n) is 2.34. The van der Waals surface area contributed by atoms with Crippen molar-refractivity contribution in [3.05, 3.63) is 36.4 Å². The van der Waals surface area contributed by atoms with Gasteiger partial charge in [0.15, 0.2) is 23.0 Å². The maximum atomic E-state index is 9.25. The molecule has 0 saturated heterocycles. The van der Waals surface area contributed by atoms with E-state index in [1.807, 2.05) is 0 Å². The Morgan fingerprint density at radius 1 is 0.632 bits per heavy atom. The first-order chi connectivity index (χ1) is 9.06. The molecular formula is C12H11BO6. The normalized spacial score (nSPS) is 9.89. The number of hydrogen-bond acceptors (Lipinski definition) is 6. The average Bonchev–Trinajstić information content (AvgIpc) is 2.38. The van der Waals surface area contributed by atoms with Crippen LogP contribution >= 0.6 is 0 Å². The molecule has 4 N–H and O–H groups in total. The molecule has 0 unspecified atom stereocenters. The lowest BCUT2D eigenvalue weighted by Crippen LogP contribution is -2.10. The molecule has 98 valence electrons. The molecule has 0 amide bonds. The minimum atomic E-state index is -0.292. The van der Waals surface area contributed by atoms with Crippen molar-refractivity contribution in [1.29, 1.82) is 0 Å². The molecular weight excluding hydrogens is 251 g/mol. The van der Waals surface area contributed by atoms with Crippen LogP contribution in [0, 0.1) is 0 Å². The second kappa shape index (κ2) is 5.30. The van der Waals surface area contributed by atoms with Gasteiger partial charge in [-0.3, -0.25) is 0 Å². The summed E-state index contributed by atoms with van der Waals surface area (Å²) in [6.07, 6.45) is 0. The predicted octanol–water partition coefficient (Wildman–Crippen LogP) is 1.23. The molecule has 0 heterocycles. The Labute approximate surface area is 109 Å². The lowest BCUT2D eigenvalue weighted by molar-refractivity contribution is 0.395. The van der Waals surface area contributed by atoms with E-state index < -0.39 is 0 Å². The van der Waals surface area contributed by atoms with Crippen LogP contribution in [0.4, 0.5) is 0 Å².